The van der Waals surface area contributed by atoms with Crippen molar-refractivity contribution in [3.63, 3.8) is 0 Å². The number of benzene rings is 2. The molecular formula is C22H22N2O2S. The van der Waals surface area contributed by atoms with E-state index in [4.69, 9.17) is 4.98 Å². The standard InChI is InChI=1S/C22H22N2O2S/c1-16-8-12-20(13-9-16)27(25,26)24(19-6-4-3-5-7-19)22-15-17(2)14-21(23-22)18-10-11-18/h3-9,12-15,18H,10-11H2,1-2H3. The summed E-state index contributed by atoms with van der Waals surface area (Å²) >= 11 is 0. The summed E-state index contributed by atoms with van der Waals surface area (Å²) in [6.45, 7) is 3.92. The van der Waals surface area contributed by atoms with Gasteiger partial charge in [-0.05, 0) is 68.7 Å². The Bertz CT molecular complexity index is 1060. The van der Waals surface area contributed by atoms with Gasteiger partial charge in [-0.2, -0.15) is 0 Å². The Balaban J connectivity index is 1.89. The molecule has 27 heavy (non-hydrogen) atoms. The largest absolute Gasteiger partial charge is 0.269 e. The number of aryl methyl sites for hydroxylation is 2. The lowest BCUT2D eigenvalue weighted by Crippen LogP contribution is -2.27. The first-order chi connectivity index (χ1) is 12.9. The Hall–Kier alpha value is -2.66. The maximum atomic E-state index is 13.5. The van der Waals surface area contributed by atoms with Gasteiger partial charge < -0.3 is 0 Å². The zero-order valence-electron chi connectivity index (χ0n) is 15.5. The highest BCUT2D eigenvalue weighted by atomic mass is 32.2. The lowest BCUT2D eigenvalue weighted by molar-refractivity contribution is 0.596. The van der Waals surface area contributed by atoms with Crippen molar-refractivity contribution in [1.82, 2.24) is 4.98 Å². The molecule has 3 aromatic rings. The highest BCUT2D eigenvalue weighted by molar-refractivity contribution is 7.93. The van der Waals surface area contributed by atoms with Crippen LogP contribution in [0.5, 0.6) is 0 Å². The molecule has 1 fully saturated rings. The summed E-state index contributed by atoms with van der Waals surface area (Å²) in [5.74, 6) is 0.895. The van der Waals surface area contributed by atoms with Crippen molar-refractivity contribution in [3.05, 3.63) is 83.6 Å². The van der Waals surface area contributed by atoms with E-state index in [0.29, 0.717) is 17.4 Å². The third-order valence-corrected chi connectivity index (χ3v) is 6.48. The van der Waals surface area contributed by atoms with Crippen molar-refractivity contribution in [1.29, 1.82) is 0 Å². The molecule has 2 aromatic carbocycles. The Morgan fingerprint density at radius 2 is 1.56 bits per heavy atom. The van der Waals surface area contributed by atoms with Crippen LogP contribution in [0.4, 0.5) is 11.5 Å². The van der Waals surface area contributed by atoms with E-state index in [2.05, 4.69) is 6.07 Å². The van der Waals surface area contributed by atoms with E-state index in [1.54, 1.807) is 24.3 Å². The van der Waals surface area contributed by atoms with Gasteiger partial charge in [0.1, 0.15) is 5.82 Å². The number of para-hydroxylation sites is 1. The van der Waals surface area contributed by atoms with Crippen LogP contribution in [0.2, 0.25) is 0 Å². The van der Waals surface area contributed by atoms with E-state index in [-0.39, 0.29) is 4.90 Å². The Labute approximate surface area is 160 Å². The molecule has 1 aliphatic rings. The van der Waals surface area contributed by atoms with E-state index >= 15 is 0 Å². The number of hydrogen-bond donors (Lipinski definition) is 0. The summed E-state index contributed by atoms with van der Waals surface area (Å²) in [5.41, 5.74) is 3.59. The molecule has 0 aliphatic heterocycles. The Morgan fingerprint density at radius 1 is 0.889 bits per heavy atom. The molecule has 4 rings (SSSR count). The van der Waals surface area contributed by atoms with Crippen LogP contribution in [0.1, 0.15) is 35.6 Å². The van der Waals surface area contributed by atoms with E-state index < -0.39 is 10.0 Å². The number of rotatable bonds is 5. The van der Waals surface area contributed by atoms with Crippen LogP contribution in [-0.2, 0) is 10.0 Å². The zero-order valence-corrected chi connectivity index (χ0v) is 16.3. The first-order valence-electron chi connectivity index (χ1n) is 9.11. The highest BCUT2D eigenvalue weighted by Crippen LogP contribution is 2.41. The molecule has 1 heterocycles. The number of sulfonamides is 1. The van der Waals surface area contributed by atoms with Crippen LogP contribution in [0.25, 0.3) is 0 Å². The topological polar surface area (TPSA) is 50.3 Å². The maximum absolute atomic E-state index is 13.5. The predicted octanol–water partition coefficient (Wildman–Crippen LogP) is 5.10. The fraction of sp³-hybridized carbons (Fsp3) is 0.227. The number of aromatic nitrogens is 1. The van der Waals surface area contributed by atoms with Crippen LogP contribution in [0.15, 0.2) is 71.6 Å². The zero-order chi connectivity index (χ0) is 19.0. The highest BCUT2D eigenvalue weighted by Gasteiger charge is 2.30. The van der Waals surface area contributed by atoms with Crippen molar-refractivity contribution in [2.24, 2.45) is 0 Å². The van der Waals surface area contributed by atoms with Gasteiger partial charge in [0.05, 0.1) is 10.6 Å². The fourth-order valence-electron chi connectivity index (χ4n) is 3.14. The van der Waals surface area contributed by atoms with E-state index in [0.717, 1.165) is 29.7 Å². The molecule has 0 saturated heterocycles. The second-order valence-corrected chi connectivity index (χ2v) is 8.91. The SMILES string of the molecule is Cc1ccc(S(=O)(=O)N(c2ccccc2)c2cc(C)cc(C3CC3)n2)cc1. The minimum absolute atomic E-state index is 0.258. The van der Waals surface area contributed by atoms with Crippen LogP contribution in [-0.4, -0.2) is 13.4 Å². The molecule has 5 heteroatoms. The lowest BCUT2D eigenvalue weighted by atomic mass is 10.2. The van der Waals surface area contributed by atoms with Crippen molar-refractivity contribution in [2.75, 3.05) is 4.31 Å². The quantitative estimate of drug-likeness (QED) is 0.620. The van der Waals surface area contributed by atoms with Gasteiger partial charge in [0, 0.05) is 11.6 Å². The van der Waals surface area contributed by atoms with E-state index in [1.807, 2.05) is 50.2 Å². The Morgan fingerprint density at radius 3 is 2.19 bits per heavy atom. The molecule has 0 N–H and O–H groups in total. The minimum atomic E-state index is -3.79. The Kier molecular flexibility index (Phi) is 4.48. The first-order valence-corrected chi connectivity index (χ1v) is 10.5. The second kappa shape index (κ2) is 6.82. The summed E-state index contributed by atoms with van der Waals surface area (Å²) < 4.78 is 28.4. The minimum Gasteiger partial charge on any atom is -0.234 e. The van der Waals surface area contributed by atoms with E-state index in [9.17, 15) is 8.42 Å². The van der Waals surface area contributed by atoms with Gasteiger partial charge in [-0.25, -0.2) is 17.7 Å². The monoisotopic (exact) mass is 378 g/mol. The van der Waals surface area contributed by atoms with Gasteiger partial charge in [-0.15, -0.1) is 0 Å². The van der Waals surface area contributed by atoms with Crippen molar-refractivity contribution in [3.8, 4) is 0 Å². The third-order valence-electron chi connectivity index (χ3n) is 4.73. The molecule has 0 radical (unpaired) electrons. The van der Waals surface area contributed by atoms with Gasteiger partial charge in [-0.1, -0.05) is 35.9 Å². The average Bonchev–Trinajstić information content (AvgIpc) is 3.48. The molecule has 138 valence electrons. The van der Waals surface area contributed by atoms with Gasteiger partial charge in [0.2, 0.25) is 0 Å². The van der Waals surface area contributed by atoms with Crippen LogP contribution in [0.3, 0.4) is 0 Å². The summed E-state index contributed by atoms with van der Waals surface area (Å²) in [7, 11) is -3.79. The first kappa shape index (κ1) is 17.7. The molecule has 1 aromatic heterocycles. The molecule has 1 aliphatic carbocycles. The van der Waals surface area contributed by atoms with Crippen LogP contribution < -0.4 is 4.31 Å². The van der Waals surface area contributed by atoms with Gasteiger partial charge in [0.25, 0.3) is 10.0 Å². The summed E-state index contributed by atoms with van der Waals surface area (Å²) in [5, 5.41) is 0. The van der Waals surface area contributed by atoms with Crippen molar-refractivity contribution < 1.29 is 8.42 Å². The molecule has 4 nitrogen and oxygen atoms in total. The van der Waals surface area contributed by atoms with Crippen LogP contribution >= 0.6 is 0 Å². The van der Waals surface area contributed by atoms with Crippen LogP contribution in [0, 0.1) is 13.8 Å². The lowest BCUT2D eigenvalue weighted by Gasteiger charge is -2.24. The molecule has 0 bridgehead atoms. The smallest absolute Gasteiger partial charge is 0.234 e. The van der Waals surface area contributed by atoms with E-state index in [1.165, 1.54) is 4.31 Å². The average molecular weight is 378 g/mol. The third kappa shape index (κ3) is 3.60. The van der Waals surface area contributed by atoms with Gasteiger partial charge >= 0.3 is 0 Å². The molecule has 0 spiro atoms. The summed E-state index contributed by atoms with van der Waals surface area (Å²) in [6, 6.07) is 20.0. The number of hydrogen-bond acceptors (Lipinski definition) is 3. The number of anilines is 2. The summed E-state index contributed by atoms with van der Waals surface area (Å²) in [4.78, 5) is 4.99. The molecule has 0 amide bonds. The van der Waals surface area contributed by atoms with Gasteiger partial charge in [0.15, 0.2) is 0 Å². The maximum Gasteiger partial charge on any atom is 0.269 e. The second-order valence-electron chi connectivity index (χ2n) is 7.12. The summed E-state index contributed by atoms with van der Waals surface area (Å²) in [6.07, 6.45) is 2.23. The van der Waals surface area contributed by atoms with Crippen molar-refractivity contribution >= 4 is 21.5 Å². The molecule has 1 saturated carbocycles. The van der Waals surface area contributed by atoms with Crippen molar-refractivity contribution in [2.45, 2.75) is 37.5 Å². The molecular weight excluding hydrogens is 356 g/mol. The fourth-order valence-corrected chi connectivity index (χ4v) is 4.57. The normalized spacial score (nSPS) is 14.1. The predicted molar refractivity (Wildman–Crippen MR) is 108 cm³/mol. The number of nitrogens with zero attached hydrogens (tertiary/aromatic N) is 2. The molecule has 0 atom stereocenters. The number of pyridine rings is 1. The molecule has 0 unspecified atom stereocenters. The van der Waals surface area contributed by atoms with Gasteiger partial charge in [-0.3, -0.25) is 0 Å².